The third-order valence-electron chi connectivity index (χ3n) is 4.21. The molecule has 0 amide bonds. The first-order valence-electron chi connectivity index (χ1n) is 6.60. The Morgan fingerprint density at radius 1 is 1.07 bits per heavy atom. The summed E-state index contributed by atoms with van der Waals surface area (Å²) >= 11 is 0. The first kappa shape index (κ1) is 10.5. The summed E-state index contributed by atoms with van der Waals surface area (Å²) in [6.45, 7) is 4.78. The van der Waals surface area contributed by atoms with E-state index in [9.17, 15) is 0 Å². The number of piperidine rings is 2. The molecule has 0 aromatic rings. The van der Waals surface area contributed by atoms with Crippen LogP contribution in [0.15, 0.2) is 0 Å². The van der Waals surface area contributed by atoms with Crippen molar-refractivity contribution in [3.8, 4) is 0 Å². The van der Waals surface area contributed by atoms with Gasteiger partial charge >= 0.3 is 0 Å². The largest absolute Gasteiger partial charge is 0.295 e. The van der Waals surface area contributed by atoms with Crippen LogP contribution < -0.4 is 0 Å². The molecule has 0 radical (unpaired) electrons. The molecule has 0 saturated carbocycles. The van der Waals surface area contributed by atoms with Gasteiger partial charge in [-0.1, -0.05) is 26.2 Å². The van der Waals surface area contributed by atoms with Gasteiger partial charge in [0.2, 0.25) is 0 Å². The Morgan fingerprint density at radius 2 is 1.79 bits per heavy atom. The van der Waals surface area contributed by atoms with Gasteiger partial charge in [-0.05, 0) is 39.0 Å². The molecule has 2 aliphatic heterocycles. The third-order valence-corrected chi connectivity index (χ3v) is 4.21. The smallest absolute Gasteiger partial charge is 0.0101 e. The molecule has 1 heteroatoms. The van der Waals surface area contributed by atoms with E-state index < -0.39 is 0 Å². The Kier molecular flexibility index (Phi) is 3.48. The van der Waals surface area contributed by atoms with Crippen molar-refractivity contribution < 1.29 is 0 Å². The van der Waals surface area contributed by atoms with Crippen molar-refractivity contribution in [2.45, 2.75) is 83.3 Å². The van der Waals surface area contributed by atoms with Crippen LogP contribution in [0.4, 0.5) is 0 Å². The highest BCUT2D eigenvalue weighted by Gasteiger charge is 2.35. The Morgan fingerprint density at radius 3 is 2.50 bits per heavy atom. The Hall–Kier alpha value is -0.0400. The molecule has 0 N–H and O–H groups in total. The van der Waals surface area contributed by atoms with E-state index >= 15 is 0 Å². The van der Waals surface area contributed by atoms with Crippen molar-refractivity contribution >= 4 is 0 Å². The van der Waals surface area contributed by atoms with Crippen LogP contribution in [0, 0.1) is 0 Å². The van der Waals surface area contributed by atoms with Crippen LogP contribution in [0.2, 0.25) is 0 Å². The predicted molar refractivity (Wildman–Crippen MR) is 61.5 cm³/mol. The first-order chi connectivity index (χ1) is 6.83. The van der Waals surface area contributed by atoms with Crippen molar-refractivity contribution in [2.24, 2.45) is 0 Å². The summed E-state index contributed by atoms with van der Waals surface area (Å²) in [4.78, 5) is 2.87. The number of fused-ring (bicyclic) bond motifs is 1. The molecule has 82 valence electrons. The Labute approximate surface area is 88.9 Å². The minimum Gasteiger partial charge on any atom is -0.295 e. The molecule has 0 aliphatic carbocycles. The van der Waals surface area contributed by atoms with Gasteiger partial charge in [0, 0.05) is 18.1 Å². The monoisotopic (exact) mass is 195 g/mol. The Bertz CT molecular complexity index is 174. The molecule has 0 aromatic heterocycles. The van der Waals surface area contributed by atoms with Gasteiger partial charge in [-0.3, -0.25) is 4.90 Å². The van der Waals surface area contributed by atoms with Crippen molar-refractivity contribution in [3.05, 3.63) is 0 Å². The maximum absolute atomic E-state index is 2.87. The van der Waals surface area contributed by atoms with E-state index in [-0.39, 0.29) is 0 Å². The van der Waals surface area contributed by atoms with Crippen LogP contribution in [0.5, 0.6) is 0 Å². The average molecular weight is 195 g/mol. The SMILES string of the molecule is CCCC1CCCC2CCCC(C)N12. The minimum absolute atomic E-state index is 0.866. The van der Waals surface area contributed by atoms with Crippen LogP contribution in [0.3, 0.4) is 0 Å². The highest BCUT2D eigenvalue weighted by atomic mass is 15.2. The summed E-state index contributed by atoms with van der Waals surface area (Å²) < 4.78 is 0. The zero-order valence-corrected chi connectivity index (χ0v) is 9.84. The second-order valence-electron chi connectivity index (χ2n) is 5.25. The highest BCUT2D eigenvalue weighted by Crippen LogP contribution is 2.35. The van der Waals surface area contributed by atoms with Crippen molar-refractivity contribution in [1.82, 2.24) is 4.90 Å². The van der Waals surface area contributed by atoms with Gasteiger partial charge in [-0.15, -0.1) is 0 Å². The summed E-state index contributed by atoms with van der Waals surface area (Å²) in [5.41, 5.74) is 0. The maximum atomic E-state index is 2.87. The number of hydrogen-bond acceptors (Lipinski definition) is 1. The molecule has 14 heavy (non-hydrogen) atoms. The lowest BCUT2D eigenvalue weighted by Gasteiger charge is -2.49. The van der Waals surface area contributed by atoms with Gasteiger partial charge < -0.3 is 0 Å². The molecule has 0 spiro atoms. The van der Waals surface area contributed by atoms with Crippen LogP contribution >= 0.6 is 0 Å². The van der Waals surface area contributed by atoms with Gasteiger partial charge in [-0.2, -0.15) is 0 Å². The van der Waals surface area contributed by atoms with E-state index in [4.69, 9.17) is 0 Å². The van der Waals surface area contributed by atoms with E-state index in [0.717, 1.165) is 18.1 Å². The summed E-state index contributed by atoms with van der Waals surface area (Å²) in [5.74, 6) is 0. The van der Waals surface area contributed by atoms with Gasteiger partial charge in [-0.25, -0.2) is 0 Å². The average Bonchev–Trinajstić information content (AvgIpc) is 2.19. The molecule has 1 nitrogen and oxygen atoms in total. The van der Waals surface area contributed by atoms with E-state index in [1.54, 1.807) is 0 Å². The second kappa shape index (κ2) is 4.65. The molecule has 2 heterocycles. The molecule has 0 bridgehead atoms. The Balaban J connectivity index is 2.02. The van der Waals surface area contributed by atoms with E-state index in [0.29, 0.717) is 0 Å². The number of rotatable bonds is 2. The topological polar surface area (TPSA) is 3.24 Å². The molecule has 3 unspecified atom stereocenters. The van der Waals surface area contributed by atoms with Gasteiger partial charge in [0.25, 0.3) is 0 Å². The minimum atomic E-state index is 0.866. The van der Waals surface area contributed by atoms with Gasteiger partial charge in [0.1, 0.15) is 0 Å². The first-order valence-corrected chi connectivity index (χ1v) is 6.60. The third kappa shape index (κ3) is 1.98. The molecule has 2 rings (SSSR count). The summed E-state index contributed by atoms with van der Waals surface area (Å²) in [6.07, 6.45) is 11.6. The molecule has 3 atom stereocenters. The fourth-order valence-corrected chi connectivity index (χ4v) is 3.62. The summed E-state index contributed by atoms with van der Waals surface area (Å²) in [7, 11) is 0. The molecular weight excluding hydrogens is 170 g/mol. The lowest BCUT2D eigenvalue weighted by Crippen LogP contribution is -2.53. The number of hydrogen-bond donors (Lipinski definition) is 0. The zero-order chi connectivity index (χ0) is 9.97. The van der Waals surface area contributed by atoms with Crippen molar-refractivity contribution in [1.29, 1.82) is 0 Å². The fraction of sp³-hybridized carbons (Fsp3) is 1.00. The molecule has 2 saturated heterocycles. The van der Waals surface area contributed by atoms with E-state index in [1.807, 2.05) is 0 Å². The lowest BCUT2D eigenvalue weighted by atomic mass is 9.84. The van der Waals surface area contributed by atoms with Gasteiger partial charge in [0.15, 0.2) is 0 Å². The molecular formula is C13H25N. The predicted octanol–water partition coefficient (Wildman–Crippen LogP) is 3.58. The highest BCUT2D eigenvalue weighted by molar-refractivity contribution is 4.90. The van der Waals surface area contributed by atoms with Crippen LogP contribution in [-0.2, 0) is 0 Å². The lowest BCUT2D eigenvalue weighted by molar-refractivity contribution is 0.00763. The normalized spacial score (nSPS) is 39.4. The molecule has 2 aliphatic rings. The zero-order valence-electron chi connectivity index (χ0n) is 9.84. The van der Waals surface area contributed by atoms with Crippen molar-refractivity contribution in [2.75, 3.05) is 0 Å². The molecule has 2 fully saturated rings. The summed E-state index contributed by atoms with van der Waals surface area (Å²) in [6, 6.07) is 2.74. The standard InChI is InChI=1S/C13H25N/c1-3-6-12-9-5-10-13-8-4-7-11(2)14(12)13/h11-13H,3-10H2,1-2H3. The van der Waals surface area contributed by atoms with Gasteiger partial charge in [0.05, 0.1) is 0 Å². The molecule has 0 aromatic carbocycles. The summed E-state index contributed by atoms with van der Waals surface area (Å²) in [5, 5.41) is 0. The van der Waals surface area contributed by atoms with Crippen LogP contribution in [0.25, 0.3) is 0 Å². The van der Waals surface area contributed by atoms with E-state index in [2.05, 4.69) is 18.7 Å². The number of nitrogens with zero attached hydrogens (tertiary/aromatic N) is 1. The second-order valence-corrected chi connectivity index (χ2v) is 5.25. The van der Waals surface area contributed by atoms with Crippen LogP contribution in [0.1, 0.15) is 65.2 Å². The quantitative estimate of drug-likeness (QED) is 0.651. The maximum Gasteiger partial charge on any atom is 0.0101 e. The van der Waals surface area contributed by atoms with Crippen LogP contribution in [-0.4, -0.2) is 23.0 Å². The van der Waals surface area contributed by atoms with E-state index in [1.165, 1.54) is 51.4 Å². The van der Waals surface area contributed by atoms with Crippen molar-refractivity contribution in [3.63, 3.8) is 0 Å². The fourth-order valence-electron chi connectivity index (χ4n) is 3.62.